The lowest BCUT2D eigenvalue weighted by Gasteiger charge is -2.32. The summed E-state index contributed by atoms with van der Waals surface area (Å²) in [6.07, 6.45) is 1.25. The van der Waals surface area contributed by atoms with Crippen molar-refractivity contribution in [2.45, 2.75) is 86.9 Å². The molecule has 0 N–H and O–H groups in total. The molecule has 9 rings (SSSR count). The van der Waals surface area contributed by atoms with E-state index in [4.69, 9.17) is 13.7 Å². The van der Waals surface area contributed by atoms with Crippen molar-refractivity contribution in [3.05, 3.63) is 84.9 Å². The fourth-order valence-corrected chi connectivity index (χ4v) is 6.59. The Hall–Kier alpha value is -4.06. The van der Waals surface area contributed by atoms with Crippen LogP contribution in [-0.2, 0) is 9.31 Å². The first-order valence-electron chi connectivity index (χ1n) is 17.0. The summed E-state index contributed by atoms with van der Waals surface area (Å²) in [7, 11) is -0.404. The van der Waals surface area contributed by atoms with Gasteiger partial charge < -0.3 is 18.1 Å². The maximum atomic E-state index is 6.37. The Labute approximate surface area is 272 Å². The van der Waals surface area contributed by atoms with Crippen molar-refractivity contribution >= 4 is 83.4 Å². The zero-order chi connectivity index (χ0) is 33.0. The summed E-state index contributed by atoms with van der Waals surface area (Å²) < 4.78 is 21.5. The fraction of sp³-hybridized carbons (Fsp3) is 0.317. The van der Waals surface area contributed by atoms with E-state index < -0.39 is 7.12 Å². The van der Waals surface area contributed by atoms with Crippen LogP contribution in [0, 0.1) is 0 Å². The van der Waals surface area contributed by atoms with Crippen molar-refractivity contribution in [1.29, 1.82) is 0 Å². The molecule has 0 radical (unpaired) electrons. The largest absolute Gasteiger partial charge is 0.494 e. The second kappa shape index (κ2) is 11.9. The van der Waals surface area contributed by atoms with Crippen LogP contribution in [0.2, 0.25) is 0 Å². The first-order chi connectivity index (χ1) is 22.2. The van der Waals surface area contributed by atoms with Crippen molar-refractivity contribution in [1.82, 2.24) is 4.40 Å². The molecule has 46 heavy (non-hydrogen) atoms. The molecule has 0 spiro atoms. The van der Waals surface area contributed by atoms with Crippen LogP contribution in [0.5, 0.6) is 0 Å². The fourth-order valence-electron chi connectivity index (χ4n) is 6.59. The number of benzene rings is 5. The molecule has 3 aromatic heterocycles. The van der Waals surface area contributed by atoms with Crippen molar-refractivity contribution < 1.29 is 13.7 Å². The topological polar surface area (TPSA) is 36.0 Å². The van der Waals surface area contributed by atoms with E-state index in [0.29, 0.717) is 0 Å². The van der Waals surface area contributed by atoms with E-state index >= 15 is 0 Å². The number of aromatic nitrogens is 1. The zero-order valence-electron chi connectivity index (χ0n) is 29.0. The molecule has 1 fully saturated rings. The maximum Gasteiger partial charge on any atom is 0.494 e. The number of hydrogen-bond acceptors (Lipinski definition) is 3. The van der Waals surface area contributed by atoms with E-state index in [9.17, 15) is 0 Å². The minimum atomic E-state index is -0.404. The maximum absolute atomic E-state index is 6.37. The van der Waals surface area contributed by atoms with Gasteiger partial charge in [0.15, 0.2) is 0 Å². The molecular weight excluding hydrogens is 565 g/mol. The van der Waals surface area contributed by atoms with Gasteiger partial charge in [0.05, 0.1) is 27.8 Å². The Bertz CT molecular complexity index is 2310. The molecule has 1 saturated heterocycles. The molecule has 4 nitrogen and oxygen atoms in total. The van der Waals surface area contributed by atoms with E-state index in [-0.39, 0.29) is 11.2 Å². The summed E-state index contributed by atoms with van der Waals surface area (Å²) in [5, 5.41) is 9.74. The van der Waals surface area contributed by atoms with Crippen LogP contribution in [0.1, 0.15) is 75.7 Å². The van der Waals surface area contributed by atoms with Crippen LogP contribution in [0.25, 0.3) is 70.8 Å². The molecule has 1 aliphatic heterocycles. The molecule has 1 aliphatic rings. The highest BCUT2D eigenvalue weighted by Gasteiger charge is 2.51. The molecule has 0 saturated carbocycles. The van der Waals surface area contributed by atoms with E-state index in [1.54, 1.807) is 0 Å². The van der Waals surface area contributed by atoms with Gasteiger partial charge in [0.2, 0.25) is 0 Å². The van der Waals surface area contributed by atoms with Crippen LogP contribution in [-0.4, -0.2) is 22.7 Å². The lowest BCUT2D eigenvalue weighted by Crippen LogP contribution is -2.41. The standard InChI is InChI=1S/C34H26BNO3.C3H8.2C2H6/c1-33(2)34(3,4)39-35(38-33)21-12-13-30-27(18-21)26-15-19-14-25-24-10-7-9-23-22-8-5-6-11-28(22)36(32(23)24)29(25)16-20(19)17-31(26)37-30;1-3-2;2*1-2/h5-18H,1-4H3;3H2,1-2H3;2*1-2H3. The van der Waals surface area contributed by atoms with Crippen LogP contribution < -0.4 is 5.46 Å². The highest BCUT2D eigenvalue weighted by molar-refractivity contribution is 6.62. The third-order valence-corrected chi connectivity index (χ3v) is 9.32. The molecule has 0 aliphatic carbocycles. The number of para-hydroxylation sites is 2. The zero-order valence-corrected chi connectivity index (χ0v) is 29.0. The quantitative estimate of drug-likeness (QED) is 0.173. The molecule has 0 atom stereocenters. The van der Waals surface area contributed by atoms with Gasteiger partial charge in [0, 0.05) is 32.3 Å². The molecule has 8 aromatic rings. The molecule has 4 heterocycles. The van der Waals surface area contributed by atoms with Gasteiger partial charge in [0.25, 0.3) is 0 Å². The average molecular weight is 612 g/mol. The van der Waals surface area contributed by atoms with Crippen molar-refractivity contribution in [3.63, 3.8) is 0 Å². The van der Waals surface area contributed by atoms with Crippen LogP contribution >= 0.6 is 0 Å². The van der Waals surface area contributed by atoms with Gasteiger partial charge >= 0.3 is 7.12 Å². The number of hydrogen-bond donors (Lipinski definition) is 0. The number of rotatable bonds is 1. The minimum Gasteiger partial charge on any atom is -0.456 e. The van der Waals surface area contributed by atoms with Crippen molar-refractivity contribution in [2.24, 2.45) is 0 Å². The highest BCUT2D eigenvalue weighted by atomic mass is 16.7. The smallest absolute Gasteiger partial charge is 0.456 e. The van der Waals surface area contributed by atoms with E-state index in [1.807, 2.05) is 33.8 Å². The first kappa shape index (κ1) is 31.9. The van der Waals surface area contributed by atoms with E-state index in [2.05, 4.69) is 125 Å². The number of nitrogens with zero attached hydrogens (tertiary/aromatic N) is 1. The highest BCUT2D eigenvalue weighted by Crippen LogP contribution is 2.42. The summed E-state index contributed by atoms with van der Waals surface area (Å²) in [6.45, 7) is 20.6. The molecule has 236 valence electrons. The summed E-state index contributed by atoms with van der Waals surface area (Å²) >= 11 is 0. The Morgan fingerprint density at radius 1 is 0.565 bits per heavy atom. The van der Waals surface area contributed by atoms with Crippen LogP contribution in [0.15, 0.2) is 89.3 Å². The van der Waals surface area contributed by atoms with E-state index in [1.165, 1.54) is 55.3 Å². The Balaban J connectivity index is 0.000000496. The summed E-state index contributed by atoms with van der Waals surface area (Å²) in [4.78, 5) is 0. The normalized spacial score (nSPS) is 15.4. The van der Waals surface area contributed by atoms with Gasteiger partial charge in [-0.25, -0.2) is 0 Å². The Morgan fingerprint density at radius 3 is 1.83 bits per heavy atom. The van der Waals surface area contributed by atoms with Crippen LogP contribution in [0.3, 0.4) is 0 Å². The second-order valence-corrected chi connectivity index (χ2v) is 12.8. The van der Waals surface area contributed by atoms with Gasteiger partial charge in [-0.15, -0.1) is 0 Å². The average Bonchev–Trinajstić information content (AvgIpc) is 3.75. The van der Waals surface area contributed by atoms with Crippen molar-refractivity contribution in [2.75, 3.05) is 0 Å². The van der Waals surface area contributed by atoms with Crippen LogP contribution in [0.4, 0.5) is 0 Å². The molecule has 5 aromatic carbocycles. The predicted molar refractivity (Wildman–Crippen MR) is 200 cm³/mol. The molecule has 0 unspecified atom stereocenters. The molecule has 0 amide bonds. The lowest BCUT2D eigenvalue weighted by molar-refractivity contribution is 0.00578. The lowest BCUT2D eigenvalue weighted by atomic mass is 9.78. The van der Waals surface area contributed by atoms with Gasteiger partial charge in [0.1, 0.15) is 11.2 Å². The van der Waals surface area contributed by atoms with E-state index in [0.717, 1.165) is 27.4 Å². The van der Waals surface area contributed by atoms with Gasteiger partial charge in [-0.1, -0.05) is 96.5 Å². The summed E-state index contributed by atoms with van der Waals surface area (Å²) in [5.74, 6) is 0. The SMILES string of the molecule is CC.CC.CC1(C)OB(c2ccc3oc4cc5cc6c(cc5cc4c3c2)c2cccc3c4ccccc4n6c32)OC1(C)C.CCC. The van der Waals surface area contributed by atoms with Gasteiger partial charge in [-0.3, -0.25) is 0 Å². The third kappa shape index (κ3) is 4.75. The minimum absolute atomic E-state index is 0.380. The Kier molecular flexibility index (Phi) is 8.29. The van der Waals surface area contributed by atoms with Gasteiger partial charge in [-0.2, -0.15) is 0 Å². The molecular formula is C41H46BNO3. The number of furan rings is 1. The second-order valence-electron chi connectivity index (χ2n) is 12.8. The molecule has 0 bridgehead atoms. The Morgan fingerprint density at radius 2 is 1.13 bits per heavy atom. The number of fused-ring (bicyclic) bond motifs is 10. The summed E-state index contributed by atoms with van der Waals surface area (Å²) in [6, 6.07) is 30.7. The first-order valence-corrected chi connectivity index (χ1v) is 17.0. The van der Waals surface area contributed by atoms with Gasteiger partial charge in [-0.05, 0) is 80.3 Å². The van der Waals surface area contributed by atoms with Crippen molar-refractivity contribution in [3.8, 4) is 0 Å². The molecule has 5 heteroatoms. The third-order valence-electron chi connectivity index (χ3n) is 9.32. The summed E-state index contributed by atoms with van der Waals surface area (Å²) in [5.41, 5.74) is 5.79. The monoisotopic (exact) mass is 611 g/mol. The predicted octanol–water partition coefficient (Wildman–Crippen LogP) is 11.7.